The van der Waals surface area contributed by atoms with Crippen molar-refractivity contribution in [1.29, 1.82) is 0 Å². The van der Waals surface area contributed by atoms with Gasteiger partial charge in [-0.25, -0.2) is 9.18 Å². The van der Waals surface area contributed by atoms with Crippen LogP contribution in [0, 0.1) is 5.82 Å². The Morgan fingerprint density at radius 2 is 1.63 bits per heavy atom. The van der Waals surface area contributed by atoms with Crippen molar-refractivity contribution in [2.75, 3.05) is 5.32 Å². The lowest BCUT2D eigenvalue weighted by molar-refractivity contribution is -0.128. The second-order valence-electron chi connectivity index (χ2n) is 6.07. The number of thiocarbonyl (C=S) groups is 1. The topological polar surface area (TPSA) is 62.7 Å². The van der Waals surface area contributed by atoms with Gasteiger partial charge in [0.25, 0.3) is 0 Å². The highest BCUT2D eigenvalue weighted by atomic mass is 32.1. The van der Waals surface area contributed by atoms with E-state index in [-0.39, 0.29) is 10.9 Å². The van der Waals surface area contributed by atoms with Gasteiger partial charge in [0.1, 0.15) is 11.6 Å². The maximum absolute atomic E-state index is 12.9. The van der Waals surface area contributed by atoms with E-state index in [4.69, 9.17) is 17.0 Å². The molecule has 0 aliphatic rings. The maximum atomic E-state index is 12.9. The summed E-state index contributed by atoms with van der Waals surface area (Å²) in [6.07, 6.45) is 4.64. The van der Waals surface area contributed by atoms with E-state index >= 15 is 0 Å². The third kappa shape index (κ3) is 6.96. The number of nitrogens with one attached hydrogen (secondary N) is 2. The van der Waals surface area contributed by atoms with Gasteiger partial charge in [0, 0.05) is 11.8 Å². The third-order valence-corrected chi connectivity index (χ3v) is 3.99. The molecule has 3 aromatic carbocycles. The SMILES string of the molecule is O=C(C=Cc1ccccc1)Oc1ccc(C=NNC(=S)Nc2ccc(F)cc2)cc1. The number of carbonyl (C=O) groups excluding carboxylic acids is 1. The lowest BCUT2D eigenvalue weighted by Gasteiger charge is -2.06. The van der Waals surface area contributed by atoms with E-state index in [1.54, 1.807) is 48.7 Å². The van der Waals surface area contributed by atoms with Crippen molar-refractivity contribution in [3.63, 3.8) is 0 Å². The highest BCUT2D eigenvalue weighted by Gasteiger charge is 2.01. The van der Waals surface area contributed by atoms with Gasteiger partial charge in [-0.15, -0.1) is 0 Å². The van der Waals surface area contributed by atoms with Crippen LogP contribution in [0.4, 0.5) is 10.1 Å². The largest absolute Gasteiger partial charge is 0.423 e. The van der Waals surface area contributed by atoms with Crippen molar-refractivity contribution >= 4 is 41.3 Å². The molecule has 3 rings (SSSR count). The number of hydrogen-bond donors (Lipinski definition) is 2. The smallest absolute Gasteiger partial charge is 0.336 e. The van der Waals surface area contributed by atoms with Gasteiger partial charge in [0.05, 0.1) is 6.21 Å². The molecule has 30 heavy (non-hydrogen) atoms. The normalized spacial score (nSPS) is 10.8. The van der Waals surface area contributed by atoms with Crippen LogP contribution < -0.4 is 15.5 Å². The molecule has 0 heterocycles. The van der Waals surface area contributed by atoms with Gasteiger partial charge in [0.2, 0.25) is 0 Å². The molecule has 0 fully saturated rings. The fourth-order valence-corrected chi connectivity index (χ4v) is 2.53. The number of nitrogens with zero attached hydrogens (tertiary/aromatic N) is 1. The van der Waals surface area contributed by atoms with Gasteiger partial charge in [-0.05, 0) is 78.0 Å². The molecule has 0 saturated heterocycles. The van der Waals surface area contributed by atoms with Crippen LogP contribution in [-0.2, 0) is 4.79 Å². The lowest BCUT2D eigenvalue weighted by atomic mass is 10.2. The van der Waals surface area contributed by atoms with E-state index in [1.807, 2.05) is 30.3 Å². The summed E-state index contributed by atoms with van der Waals surface area (Å²) < 4.78 is 18.2. The zero-order chi connectivity index (χ0) is 21.2. The van der Waals surface area contributed by atoms with Crippen molar-refractivity contribution in [2.24, 2.45) is 5.10 Å². The van der Waals surface area contributed by atoms with Gasteiger partial charge in [-0.1, -0.05) is 30.3 Å². The first kappa shape index (κ1) is 20.9. The predicted octanol–water partition coefficient (Wildman–Crippen LogP) is 4.77. The summed E-state index contributed by atoms with van der Waals surface area (Å²) >= 11 is 5.12. The summed E-state index contributed by atoms with van der Waals surface area (Å²) in [6.45, 7) is 0. The summed E-state index contributed by atoms with van der Waals surface area (Å²) in [7, 11) is 0. The van der Waals surface area contributed by atoms with Crippen LogP contribution in [0.2, 0.25) is 0 Å². The maximum Gasteiger partial charge on any atom is 0.336 e. The van der Waals surface area contributed by atoms with Crippen molar-refractivity contribution in [3.05, 3.63) is 102 Å². The van der Waals surface area contributed by atoms with Gasteiger partial charge in [-0.3, -0.25) is 5.43 Å². The van der Waals surface area contributed by atoms with Crippen LogP contribution in [0.3, 0.4) is 0 Å². The van der Waals surface area contributed by atoms with Gasteiger partial charge in [-0.2, -0.15) is 5.10 Å². The highest BCUT2D eigenvalue weighted by molar-refractivity contribution is 7.80. The Morgan fingerprint density at radius 1 is 0.933 bits per heavy atom. The molecular weight excluding hydrogens is 401 g/mol. The van der Waals surface area contributed by atoms with Crippen LogP contribution in [0.15, 0.2) is 90.0 Å². The molecule has 5 nitrogen and oxygen atoms in total. The number of hydrazone groups is 1. The average Bonchev–Trinajstić information content (AvgIpc) is 2.76. The fourth-order valence-electron chi connectivity index (χ4n) is 2.36. The zero-order valence-electron chi connectivity index (χ0n) is 15.8. The molecular formula is C23H18FN3O2S. The van der Waals surface area contributed by atoms with Gasteiger partial charge >= 0.3 is 5.97 Å². The molecule has 0 bridgehead atoms. The predicted molar refractivity (Wildman–Crippen MR) is 121 cm³/mol. The van der Waals surface area contributed by atoms with Crippen LogP contribution in [0.25, 0.3) is 6.08 Å². The second-order valence-corrected chi connectivity index (χ2v) is 6.47. The molecule has 2 N–H and O–H groups in total. The Morgan fingerprint density at radius 3 is 2.33 bits per heavy atom. The molecule has 0 aliphatic heterocycles. The number of ether oxygens (including phenoxy) is 1. The second kappa shape index (κ2) is 10.6. The molecule has 0 spiro atoms. The Labute approximate surface area is 178 Å². The molecule has 0 atom stereocenters. The van der Waals surface area contributed by atoms with Gasteiger partial charge < -0.3 is 10.1 Å². The first-order chi connectivity index (χ1) is 14.6. The van der Waals surface area contributed by atoms with E-state index < -0.39 is 5.97 Å². The molecule has 0 aliphatic carbocycles. The minimum atomic E-state index is -0.459. The molecule has 0 radical (unpaired) electrons. The minimum Gasteiger partial charge on any atom is -0.423 e. The summed E-state index contributed by atoms with van der Waals surface area (Å²) in [6, 6.07) is 22.2. The van der Waals surface area contributed by atoms with E-state index in [2.05, 4.69) is 15.8 Å². The summed E-state index contributed by atoms with van der Waals surface area (Å²) in [4.78, 5) is 11.9. The zero-order valence-corrected chi connectivity index (χ0v) is 16.6. The number of rotatable bonds is 6. The van der Waals surface area contributed by atoms with Crippen molar-refractivity contribution in [2.45, 2.75) is 0 Å². The van der Waals surface area contributed by atoms with E-state index in [1.165, 1.54) is 18.2 Å². The Balaban J connectivity index is 1.46. The van der Waals surface area contributed by atoms with E-state index in [9.17, 15) is 9.18 Å². The van der Waals surface area contributed by atoms with Crippen LogP contribution in [0.5, 0.6) is 5.75 Å². The van der Waals surface area contributed by atoms with Crippen molar-refractivity contribution in [1.82, 2.24) is 5.43 Å². The Hall–Kier alpha value is -3.84. The number of halogens is 1. The highest BCUT2D eigenvalue weighted by Crippen LogP contribution is 2.12. The molecule has 0 aromatic heterocycles. The van der Waals surface area contributed by atoms with Crippen LogP contribution >= 0.6 is 12.2 Å². The molecule has 0 amide bonds. The average molecular weight is 419 g/mol. The number of esters is 1. The number of hydrogen-bond acceptors (Lipinski definition) is 4. The Kier molecular flexibility index (Phi) is 7.40. The molecule has 150 valence electrons. The van der Waals surface area contributed by atoms with Crippen LogP contribution in [0.1, 0.15) is 11.1 Å². The van der Waals surface area contributed by atoms with E-state index in [0.717, 1.165) is 11.1 Å². The Bertz CT molecular complexity index is 1050. The standard InChI is InChI=1S/C23H18FN3O2S/c24-19-9-11-20(12-10-19)26-23(30)27-25-16-18-6-13-21(14-7-18)29-22(28)15-8-17-4-2-1-3-5-17/h1-16H,(H2,26,27,30). The minimum absolute atomic E-state index is 0.272. The van der Waals surface area contributed by atoms with E-state index in [0.29, 0.717) is 11.4 Å². The first-order valence-corrected chi connectivity index (χ1v) is 9.40. The molecule has 0 unspecified atom stereocenters. The quantitative estimate of drug-likeness (QED) is 0.151. The monoisotopic (exact) mass is 419 g/mol. The van der Waals surface area contributed by atoms with Gasteiger partial charge in [0.15, 0.2) is 5.11 Å². The summed E-state index contributed by atoms with van der Waals surface area (Å²) in [5, 5.41) is 7.19. The lowest BCUT2D eigenvalue weighted by Crippen LogP contribution is -2.23. The fraction of sp³-hybridized carbons (Fsp3) is 0. The number of anilines is 1. The van der Waals surface area contributed by atoms with Crippen molar-refractivity contribution in [3.8, 4) is 5.75 Å². The molecule has 7 heteroatoms. The number of carbonyl (C=O) groups is 1. The first-order valence-electron chi connectivity index (χ1n) is 8.99. The third-order valence-electron chi connectivity index (χ3n) is 3.79. The summed E-state index contributed by atoms with van der Waals surface area (Å²) in [5.41, 5.74) is 5.03. The molecule has 3 aromatic rings. The van der Waals surface area contributed by atoms with Crippen molar-refractivity contribution < 1.29 is 13.9 Å². The summed E-state index contributed by atoms with van der Waals surface area (Å²) in [5.74, 6) is -0.353. The molecule has 0 saturated carbocycles. The van der Waals surface area contributed by atoms with Crippen LogP contribution in [-0.4, -0.2) is 17.3 Å². The number of benzene rings is 3.